The van der Waals surface area contributed by atoms with E-state index in [1.54, 1.807) is 6.07 Å². The Bertz CT molecular complexity index is 565. The zero-order valence-electron chi connectivity index (χ0n) is 11.8. The first kappa shape index (κ1) is 15.2. The van der Waals surface area contributed by atoms with Crippen molar-refractivity contribution >= 4 is 11.4 Å². The molecule has 0 bridgehead atoms. The Morgan fingerprint density at radius 3 is 2.62 bits per heavy atom. The molecular formula is C14H17FN4O2. The summed E-state index contributed by atoms with van der Waals surface area (Å²) in [5.41, 5.74) is -0.164. The van der Waals surface area contributed by atoms with Crippen LogP contribution in [0.5, 0.6) is 0 Å². The molecule has 1 saturated heterocycles. The molecule has 1 unspecified atom stereocenters. The lowest BCUT2D eigenvalue weighted by Crippen LogP contribution is -2.50. The third-order valence-electron chi connectivity index (χ3n) is 3.78. The Kier molecular flexibility index (Phi) is 4.70. The van der Waals surface area contributed by atoms with Crippen LogP contribution in [0, 0.1) is 27.3 Å². The highest BCUT2D eigenvalue weighted by molar-refractivity contribution is 5.64. The average Bonchev–Trinajstić information content (AvgIpc) is 2.48. The van der Waals surface area contributed by atoms with Gasteiger partial charge < -0.3 is 4.90 Å². The van der Waals surface area contributed by atoms with Gasteiger partial charge in [0.1, 0.15) is 5.69 Å². The number of rotatable bonds is 4. The smallest absolute Gasteiger partial charge is 0.327 e. The van der Waals surface area contributed by atoms with Crippen molar-refractivity contribution in [3.63, 3.8) is 0 Å². The van der Waals surface area contributed by atoms with Crippen LogP contribution in [0.2, 0.25) is 0 Å². The van der Waals surface area contributed by atoms with Crippen molar-refractivity contribution in [2.24, 2.45) is 0 Å². The van der Waals surface area contributed by atoms with Gasteiger partial charge in [0.2, 0.25) is 5.82 Å². The minimum absolute atomic E-state index is 0.130. The first-order chi connectivity index (χ1) is 10.1. The van der Waals surface area contributed by atoms with Crippen LogP contribution < -0.4 is 4.90 Å². The highest BCUT2D eigenvalue weighted by atomic mass is 19.1. The van der Waals surface area contributed by atoms with Crippen LogP contribution >= 0.6 is 0 Å². The maximum atomic E-state index is 13.6. The Labute approximate surface area is 122 Å². The molecule has 1 heterocycles. The molecule has 0 radical (unpaired) electrons. The van der Waals surface area contributed by atoms with E-state index in [0.717, 1.165) is 12.5 Å². The van der Waals surface area contributed by atoms with Gasteiger partial charge in [0.15, 0.2) is 0 Å². The molecule has 21 heavy (non-hydrogen) atoms. The van der Waals surface area contributed by atoms with Gasteiger partial charge in [-0.2, -0.15) is 9.65 Å². The average molecular weight is 292 g/mol. The van der Waals surface area contributed by atoms with Gasteiger partial charge in [-0.15, -0.1) is 0 Å². The summed E-state index contributed by atoms with van der Waals surface area (Å²) in [4.78, 5) is 14.2. The monoisotopic (exact) mass is 292 g/mol. The van der Waals surface area contributed by atoms with E-state index in [-0.39, 0.29) is 6.04 Å². The first-order valence-electron chi connectivity index (χ1n) is 6.90. The van der Waals surface area contributed by atoms with E-state index in [1.807, 2.05) is 11.8 Å². The van der Waals surface area contributed by atoms with Crippen molar-refractivity contribution < 1.29 is 9.31 Å². The standard InChI is InChI=1S/C14H17FN4O2/c1-2-11(10-16)17-6-8-18(9-7-17)13-5-3-4-12(15)14(13)19(20)21/h3-5,11H,2,6-9H2,1H3. The van der Waals surface area contributed by atoms with Crippen molar-refractivity contribution in [2.75, 3.05) is 31.1 Å². The number of hydrogen-bond donors (Lipinski definition) is 0. The normalized spacial score (nSPS) is 17.3. The number of nitro groups is 1. The predicted octanol–water partition coefficient (Wildman–Crippen LogP) is 2.16. The minimum Gasteiger partial charge on any atom is -0.363 e. The van der Waals surface area contributed by atoms with Crippen molar-refractivity contribution in [3.05, 3.63) is 34.1 Å². The number of nitro benzene ring substituents is 1. The largest absolute Gasteiger partial charge is 0.363 e. The number of para-hydroxylation sites is 1. The van der Waals surface area contributed by atoms with Gasteiger partial charge in [0.05, 0.1) is 17.0 Å². The maximum absolute atomic E-state index is 13.6. The summed E-state index contributed by atoms with van der Waals surface area (Å²) in [5.74, 6) is -0.816. The van der Waals surface area contributed by atoms with E-state index in [0.29, 0.717) is 31.9 Å². The number of piperazine rings is 1. The van der Waals surface area contributed by atoms with E-state index in [1.165, 1.54) is 6.07 Å². The highest BCUT2D eigenvalue weighted by Gasteiger charge is 2.28. The van der Waals surface area contributed by atoms with Crippen molar-refractivity contribution in [1.82, 2.24) is 4.90 Å². The molecule has 0 amide bonds. The predicted molar refractivity (Wildman–Crippen MR) is 76.5 cm³/mol. The number of benzene rings is 1. The minimum atomic E-state index is -0.816. The van der Waals surface area contributed by atoms with Gasteiger partial charge in [-0.1, -0.05) is 13.0 Å². The summed E-state index contributed by atoms with van der Waals surface area (Å²) in [5, 5.41) is 20.1. The summed E-state index contributed by atoms with van der Waals surface area (Å²) < 4.78 is 13.6. The molecule has 0 saturated carbocycles. The SMILES string of the molecule is CCC(C#N)N1CCN(c2cccc(F)c2[N+](=O)[O-])CC1. The van der Waals surface area contributed by atoms with Crippen LogP contribution in [0.15, 0.2) is 18.2 Å². The molecule has 0 spiro atoms. The molecular weight excluding hydrogens is 275 g/mol. The van der Waals surface area contributed by atoms with E-state index in [2.05, 4.69) is 11.0 Å². The second-order valence-corrected chi connectivity index (χ2v) is 4.94. The number of nitriles is 1. The lowest BCUT2D eigenvalue weighted by molar-refractivity contribution is -0.386. The Morgan fingerprint density at radius 2 is 2.10 bits per heavy atom. The van der Waals surface area contributed by atoms with Crippen LogP contribution in [0.1, 0.15) is 13.3 Å². The lowest BCUT2D eigenvalue weighted by Gasteiger charge is -2.37. The number of hydrogen-bond acceptors (Lipinski definition) is 5. The fourth-order valence-electron chi connectivity index (χ4n) is 2.65. The van der Waals surface area contributed by atoms with Gasteiger partial charge in [-0.3, -0.25) is 15.0 Å². The number of nitrogens with zero attached hydrogens (tertiary/aromatic N) is 4. The van der Waals surface area contributed by atoms with Gasteiger partial charge in [-0.05, 0) is 18.6 Å². The maximum Gasteiger partial charge on any atom is 0.327 e. The molecule has 2 rings (SSSR count). The second kappa shape index (κ2) is 6.50. The Morgan fingerprint density at radius 1 is 1.43 bits per heavy atom. The lowest BCUT2D eigenvalue weighted by atomic mass is 10.1. The molecule has 1 aromatic carbocycles. The van der Waals surface area contributed by atoms with E-state index < -0.39 is 16.4 Å². The summed E-state index contributed by atoms with van der Waals surface area (Å²) in [7, 11) is 0. The Balaban J connectivity index is 2.15. The van der Waals surface area contributed by atoms with Crippen LogP contribution in [-0.2, 0) is 0 Å². The second-order valence-electron chi connectivity index (χ2n) is 4.94. The van der Waals surface area contributed by atoms with Crippen LogP contribution in [0.25, 0.3) is 0 Å². The van der Waals surface area contributed by atoms with Crippen LogP contribution in [0.4, 0.5) is 15.8 Å². The Hall–Kier alpha value is -2.20. The molecule has 1 atom stereocenters. The fourth-order valence-corrected chi connectivity index (χ4v) is 2.65. The van der Waals surface area contributed by atoms with Gasteiger partial charge in [-0.25, -0.2) is 0 Å². The molecule has 0 aromatic heterocycles. The molecule has 112 valence electrons. The molecule has 1 aliphatic heterocycles. The zero-order chi connectivity index (χ0) is 15.4. The third kappa shape index (κ3) is 3.11. The first-order valence-corrected chi connectivity index (χ1v) is 6.90. The fraction of sp³-hybridized carbons (Fsp3) is 0.500. The zero-order valence-corrected chi connectivity index (χ0v) is 11.8. The van der Waals surface area contributed by atoms with E-state index >= 15 is 0 Å². The molecule has 1 fully saturated rings. The van der Waals surface area contributed by atoms with Gasteiger partial charge >= 0.3 is 5.69 Å². The number of anilines is 1. The highest BCUT2D eigenvalue weighted by Crippen LogP contribution is 2.31. The number of halogens is 1. The summed E-state index contributed by atoms with van der Waals surface area (Å²) in [6, 6.07) is 6.27. The molecule has 0 N–H and O–H groups in total. The quantitative estimate of drug-likeness (QED) is 0.628. The molecule has 1 aromatic rings. The molecule has 6 nitrogen and oxygen atoms in total. The summed E-state index contributed by atoms with van der Waals surface area (Å²) in [6.07, 6.45) is 0.747. The molecule has 1 aliphatic rings. The van der Waals surface area contributed by atoms with E-state index in [4.69, 9.17) is 5.26 Å². The molecule has 7 heteroatoms. The van der Waals surface area contributed by atoms with Crippen molar-refractivity contribution in [3.8, 4) is 6.07 Å². The van der Waals surface area contributed by atoms with Crippen molar-refractivity contribution in [2.45, 2.75) is 19.4 Å². The van der Waals surface area contributed by atoms with Crippen LogP contribution in [0.3, 0.4) is 0 Å². The van der Waals surface area contributed by atoms with Gasteiger partial charge in [0.25, 0.3) is 0 Å². The van der Waals surface area contributed by atoms with Crippen molar-refractivity contribution in [1.29, 1.82) is 5.26 Å². The summed E-state index contributed by atoms with van der Waals surface area (Å²) >= 11 is 0. The summed E-state index contributed by atoms with van der Waals surface area (Å²) in [6.45, 7) is 4.32. The topological polar surface area (TPSA) is 73.4 Å². The van der Waals surface area contributed by atoms with Gasteiger partial charge in [0, 0.05) is 26.2 Å². The van der Waals surface area contributed by atoms with E-state index in [9.17, 15) is 14.5 Å². The third-order valence-corrected chi connectivity index (χ3v) is 3.78. The molecule has 0 aliphatic carbocycles. The van der Waals surface area contributed by atoms with Crippen LogP contribution in [-0.4, -0.2) is 42.0 Å².